The molecule has 0 radical (unpaired) electrons. The first-order valence-corrected chi connectivity index (χ1v) is 5.27. The summed E-state index contributed by atoms with van der Waals surface area (Å²) in [6.45, 7) is 2.15. The monoisotopic (exact) mass is 187 g/mol. The second-order valence-corrected chi connectivity index (χ2v) is 3.95. The molecule has 1 fully saturated rings. The van der Waals surface area contributed by atoms with Crippen LogP contribution in [-0.4, -0.2) is 4.98 Å². The van der Waals surface area contributed by atoms with E-state index < -0.39 is 0 Å². The van der Waals surface area contributed by atoms with Gasteiger partial charge in [0.2, 0.25) is 0 Å². The van der Waals surface area contributed by atoms with Gasteiger partial charge in [-0.2, -0.15) is 0 Å². The molecule has 0 bridgehead atoms. The molecule has 2 heteroatoms. The highest BCUT2D eigenvalue weighted by Crippen LogP contribution is 2.40. The van der Waals surface area contributed by atoms with E-state index in [0.29, 0.717) is 5.92 Å². The Hall–Kier alpha value is -1.31. The summed E-state index contributed by atoms with van der Waals surface area (Å²) in [7, 11) is 0. The molecule has 2 nitrogen and oxygen atoms in total. The molecule has 0 N–H and O–H groups in total. The van der Waals surface area contributed by atoms with Gasteiger partial charge in [-0.1, -0.05) is 19.1 Å². The Morgan fingerprint density at radius 3 is 3.00 bits per heavy atom. The van der Waals surface area contributed by atoms with Crippen molar-refractivity contribution in [2.45, 2.75) is 32.1 Å². The first-order chi connectivity index (χ1) is 6.88. The van der Waals surface area contributed by atoms with Crippen LogP contribution in [0.25, 0.3) is 11.1 Å². The summed E-state index contributed by atoms with van der Waals surface area (Å²) in [5, 5.41) is 0. The summed E-state index contributed by atoms with van der Waals surface area (Å²) in [5.74, 6) is 1.55. The summed E-state index contributed by atoms with van der Waals surface area (Å²) >= 11 is 0. The lowest BCUT2D eigenvalue weighted by molar-refractivity contribution is 0.530. The van der Waals surface area contributed by atoms with E-state index in [1.807, 2.05) is 6.07 Å². The minimum atomic E-state index is 0.604. The second kappa shape index (κ2) is 2.84. The number of oxazole rings is 1. The van der Waals surface area contributed by atoms with E-state index in [-0.39, 0.29) is 0 Å². The maximum atomic E-state index is 5.80. The third kappa shape index (κ3) is 1.14. The van der Waals surface area contributed by atoms with Gasteiger partial charge in [-0.3, -0.25) is 0 Å². The van der Waals surface area contributed by atoms with Crippen LogP contribution in [0.4, 0.5) is 0 Å². The average Bonchev–Trinajstić information content (AvgIpc) is 2.97. The van der Waals surface area contributed by atoms with Crippen LogP contribution in [-0.2, 0) is 6.42 Å². The lowest BCUT2D eigenvalue weighted by Crippen LogP contribution is -1.79. The first kappa shape index (κ1) is 8.04. The van der Waals surface area contributed by atoms with E-state index in [1.165, 1.54) is 18.4 Å². The minimum Gasteiger partial charge on any atom is -0.440 e. The van der Waals surface area contributed by atoms with Crippen LogP contribution in [0.1, 0.15) is 37.1 Å². The van der Waals surface area contributed by atoms with Gasteiger partial charge in [0, 0.05) is 5.92 Å². The summed E-state index contributed by atoms with van der Waals surface area (Å²) in [6.07, 6.45) is 3.50. The molecule has 0 unspecified atom stereocenters. The normalized spacial score (nSPS) is 16.4. The van der Waals surface area contributed by atoms with Gasteiger partial charge in [0.25, 0.3) is 0 Å². The standard InChI is InChI=1S/C12H13NO/c1-2-8-4-3-5-10-11(8)14-12(13-10)9-6-7-9/h3-5,9H,2,6-7H2,1H3. The van der Waals surface area contributed by atoms with E-state index in [0.717, 1.165) is 23.4 Å². The lowest BCUT2D eigenvalue weighted by atomic mass is 10.1. The van der Waals surface area contributed by atoms with Crippen molar-refractivity contribution >= 4 is 11.1 Å². The van der Waals surface area contributed by atoms with Crippen molar-refractivity contribution in [3.8, 4) is 0 Å². The smallest absolute Gasteiger partial charge is 0.198 e. The SMILES string of the molecule is CCc1cccc2nc(C3CC3)oc12. The second-order valence-electron chi connectivity index (χ2n) is 3.95. The Morgan fingerprint density at radius 2 is 2.29 bits per heavy atom. The molecular formula is C12H13NO. The number of aromatic nitrogens is 1. The van der Waals surface area contributed by atoms with Crippen molar-refractivity contribution in [3.63, 3.8) is 0 Å². The van der Waals surface area contributed by atoms with E-state index in [4.69, 9.17) is 4.42 Å². The number of aryl methyl sites for hydroxylation is 1. The largest absolute Gasteiger partial charge is 0.440 e. The highest BCUT2D eigenvalue weighted by atomic mass is 16.3. The summed E-state index contributed by atoms with van der Waals surface area (Å²) in [5.41, 5.74) is 3.28. The van der Waals surface area contributed by atoms with Gasteiger partial charge in [-0.05, 0) is 30.9 Å². The van der Waals surface area contributed by atoms with Crippen molar-refractivity contribution in [3.05, 3.63) is 29.7 Å². The molecule has 1 aromatic carbocycles. The van der Waals surface area contributed by atoms with Crippen molar-refractivity contribution < 1.29 is 4.42 Å². The van der Waals surface area contributed by atoms with Crippen LogP contribution in [0.15, 0.2) is 22.6 Å². The van der Waals surface area contributed by atoms with Gasteiger partial charge < -0.3 is 4.42 Å². The van der Waals surface area contributed by atoms with Gasteiger partial charge in [0.05, 0.1) is 0 Å². The van der Waals surface area contributed by atoms with Crippen LogP contribution in [0.3, 0.4) is 0 Å². The Kier molecular flexibility index (Phi) is 1.63. The zero-order chi connectivity index (χ0) is 9.54. The molecule has 0 aliphatic heterocycles. The molecule has 0 atom stereocenters. The predicted octanol–water partition coefficient (Wildman–Crippen LogP) is 3.27. The zero-order valence-corrected chi connectivity index (χ0v) is 8.29. The van der Waals surface area contributed by atoms with Gasteiger partial charge in [-0.25, -0.2) is 4.98 Å². The number of hydrogen-bond acceptors (Lipinski definition) is 2. The van der Waals surface area contributed by atoms with E-state index >= 15 is 0 Å². The number of hydrogen-bond donors (Lipinski definition) is 0. The molecule has 14 heavy (non-hydrogen) atoms. The van der Waals surface area contributed by atoms with E-state index in [9.17, 15) is 0 Å². The molecule has 0 saturated heterocycles. The average molecular weight is 187 g/mol. The number of fused-ring (bicyclic) bond motifs is 1. The van der Waals surface area contributed by atoms with Crippen LogP contribution < -0.4 is 0 Å². The van der Waals surface area contributed by atoms with Crippen molar-refractivity contribution in [1.29, 1.82) is 0 Å². The highest BCUT2D eigenvalue weighted by Gasteiger charge is 2.29. The Balaban J connectivity index is 2.20. The fraction of sp³-hybridized carbons (Fsp3) is 0.417. The Morgan fingerprint density at radius 1 is 1.43 bits per heavy atom. The van der Waals surface area contributed by atoms with Crippen molar-refractivity contribution in [2.75, 3.05) is 0 Å². The number of para-hydroxylation sites is 1. The topological polar surface area (TPSA) is 26.0 Å². The molecular weight excluding hydrogens is 174 g/mol. The first-order valence-electron chi connectivity index (χ1n) is 5.27. The zero-order valence-electron chi connectivity index (χ0n) is 8.29. The van der Waals surface area contributed by atoms with E-state index in [1.54, 1.807) is 0 Å². The Labute approximate surface area is 82.9 Å². The molecule has 0 spiro atoms. The summed E-state index contributed by atoms with van der Waals surface area (Å²) < 4.78 is 5.80. The molecule has 1 saturated carbocycles. The molecule has 3 rings (SSSR count). The molecule has 72 valence electrons. The van der Waals surface area contributed by atoms with Gasteiger partial charge in [-0.15, -0.1) is 0 Å². The quantitative estimate of drug-likeness (QED) is 0.721. The number of benzene rings is 1. The van der Waals surface area contributed by atoms with Crippen molar-refractivity contribution in [2.24, 2.45) is 0 Å². The summed E-state index contributed by atoms with van der Waals surface area (Å²) in [6, 6.07) is 6.20. The van der Waals surface area contributed by atoms with Gasteiger partial charge >= 0.3 is 0 Å². The van der Waals surface area contributed by atoms with Gasteiger partial charge in [0.15, 0.2) is 11.5 Å². The van der Waals surface area contributed by atoms with Crippen LogP contribution in [0, 0.1) is 0 Å². The van der Waals surface area contributed by atoms with Gasteiger partial charge in [0.1, 0.15) is 5.52 Å². The highest BCUT2D eigenvalue weighted by molar-refractivity contribution is 5.76. The molecule has 0 amide bonds. The van der Waals surface area contributed by atoms with E-state index in [2.05, 4.69) is 24.0 Å². The van der Waals surface area contributed by atoms with Crippen LogP contribution in [0.5, 0.6) is 0 Å². The predicted molar refractivity (Wildman–Crippen MR) is 55.4 cm³/mol. The molecule has 1 heterocycles. The number of nitrogens with zero attached hydrogens (tertiary/aromatic N) is 1. The third-order valence-corrected chi connectivity index (χ3v) is 2.82. The van der Waals surface area contributed by atoms with Crippen LogP contribution in [0.2, 0.25) is 0 Å². The molecule has 2 aromatic rings. The number of rotatable bonds is 2. The maximum absolute atomic E-state index is 5.80. The molecule has 1 aliphatic carbocycles. The van der Waals surface area contributed by atoms with Crippen LogP contribution >= 0.6 is 0 Å². The molecule has 1 aliphatic rings. The fourth-order valence-electron chi connectivity index (χ4n) is 1.81. The Bertz CT molecular complexity index is 468. The summed E-state index contributed by atoms with van der Waals surface area (Å²) in [4.78, 5) is 4.52. The molecule has 1 aromatic heterocycles. The lowest BCUT2D eigenvalue weighted by Gasteiger charge is -1.94. The minimum absolute atomic E-state index is 0.604. The van der Waals surface area contributed by atoms with Crippen molar-refractivity contribution in [1.82, 2.24) is 4.98 Å². The fourth-order valence-corrected chi connectivity index (χ4v) is 1.81. The third-order valence-electron chi connectivity index (χ3n) is 2.82. The maximum Gasteiger partial charge on any atom is 0.198 e.